The number of hydrogen-bond acceptors (Lipinski definition) is 3. The Morgan fingerprint density at radius 2 is 2.08 bits per heavy atom. The molecule has 0 radical (unpaired) electrons. The van der Waals surface area contributed by atoms with Crippen molar-refractivity contribution in [1.82, 2.24) is 0 Å². The van der Waals surface area contributed by atoms with Gasteiger partial charge >= 0.3 is 0 Å². The van der Waals surface area contributed by atoms with Gasteiger partial charge in [-0.25, -0.2) is 8.78 Å². The van der Waals surface area contributed by atoms with Crippen LogP contribution in [-0.4, -0.2) is 22.6 Å². The topological polar surface area (TPSA) is 34.1 Å². The highest BCUT2D eigenvalue weighted by molar-refractivity contribution is 8.15. The van der Waals surface area contributed by atoms with E-state index in [0.29, 0.717) is 18.2 Å². The van der Waals surface area contributed by atoms with E-state index >= 15 is 0 Å². The summed E-state index contributed by atoms with van der Waals surface area (Å²) in [5.41, 5.74) is 0. The van der Waals surface area contributed by atoms with Crippen LogP contribution in [0.4, 0.5) is 8.78 Å². The summed E-state index contributed by atoms with van der Waals surface area (Å²) < 4.78 is 24.2. The Balaban J connectivity index is 2.75. The molecule has 1 heterocycles. The number of ketones is 1. The molecule has 0 aliphatic carbocycles. The first-order chi connectivity index (χ1) is 5.57. The Labute approximate surface area is 72.7 Å². The summed E-state index contributed by atoms with van der Waals surface area (Å²) in [6, 6.07) is 0. The first-order valence-electron chi connectivity index (χ1n) is 3.60. The van der Waals surface area contributed by atoms with Crippen LogP contribution in [-0.2, 0) is 9.59 Å². The van der Waals surface area contributed by atoms with E-state index < -0.39 is 28.5 Å². The molecule has 1 saturated heterocycles. The molecule has 0 N–H and O–H groups in total. The van der Waals surface area contributed by atoms with Gasteiger partial charge in [-0.2, -0.15) is 0 Å². The lowest BCUT2D eigenvalue weighted by Gasteiger charge is -2.03. The summed E-state index contributed by atoms with van der Waals surface area (Å²) >= 11 is 0.476. The van der Waals surface area contributed by atoms with Crippen molar-refractivity contribution in [2.75, 3.05) is 0 Å². The zero-order chi connectivity index (χ0) is 9.30. The van der Waals surface area contributed by atoms with Crippen LogP contribution in [0.1, 0.15) is 13.3 Å². The van der Waals surface area contributed by atoms with Crippen LogP contribution >= 0.6 is 11.8 Å². The van der Waals surface area contributed by atoms with Gasteiger partial charge in [0.15, 0.2) is 10.9 Å². The number of rotatable bonds is 2. The fraction of sp³-hybridized carbons (Fsp3) is 0.714. The molecule has 1 aliphatic heterocycles. The fourth-order valence-corrected chi connectivity index (χ4v) is 2.20. The molecule has 0 saturated carbocycles. The van der Waals surface area contributed by atoms with E-state index in [9.17, 15) is 18.4 Å². The minimum absolute atomic E-state index is 0.327. The maximum absolute atomic E-state index is 12.1. The van der Waals surface area contributed by atoms with Crippen molar-refractivity contribution in [1.29, 1.82) is 0 Å². The van der Waals surface area contributed by atoms with Gasteiger partial charge in [0.1, 0.15) is 5.25 Å². The molecule has 0 aromatic heterocycles. The molecule has 1 rings (SSSR count). The van der Waals surface area contributed by atoms with Crippen molar-refractivity contribution in [3.8, 4) is 0 Å². The van der Waals surface area contributed by atoms with Crippen molar-refractivity contribution in [3.05, 3.63) is 0 Å². The normalized spacial score (nSPS) is 30.3. The predicted octanol–water partition coefficient (Wildman–Crippen LogP) is 1.49. The Kier molecular flexibility index (Phi) is 2.82. The number of thioether (sulfide) groups is 1. The van der Waals surface area contributed by atoms with E-state index in [2.05, 4.69) is 0 Å². The maximum atomic E-state index is 12.1. The van der Waals surface area contributed by atoms with Crippen molar-refractivity contribution in [3.63, 3.8) is 0 Å². The van der Waals surface area contributed by atoms with E-state index in [4.69, 9.17) is 0 Å². The van der Waals surface area contributed by atoms with Crippen LogP contribution in [0, 0.1) is 5.92 Å². The van der Waals surface area contributed by atoms with E-state index in [1.165, 1.54) is 0 Å². The number of carbonyl (C=O) groups is 2. The van der Waals surface area contributed by atoms with E-state index in [0.717, 1.165) is 0 Å². The molecule has 0 aromatic carbocycles. The third-order valence-electron chi connectivity index (χ3n) is 1.79. The summed E-state index contributed by atoms with van der Waals surface area (Å²) in [6.07, 6.45) is -2.39. The van der Waals surface area contributed by atoms with E-state index in [-0.39, 0.29) is 0 Å². The van der Waals surface area contributed by atoms with Crippen molar-refractivity contribution in [2.24, 2.45) is 5.92 Å². The Morgan fingerprint density at radius 1 is 1.50 bits per heavy atom. The van der Waals surface area contributed by atoms with Crippen LogP contribution in [0.25, 0.3) is 0 Å². The predicted molar refractivity (Wildman–Crippen MR) is 41.2 cm³/mol. The second kappa shape index (κ2) is 3.51. The molecule has 0 aromatic rings. The highest BCUT2D eigenvalue weighted by atomic mass is 32.2. The Morgan fingerprint density at radius 3 is 2.33 bits per heavy atom. The summed E-state index contributed by atoms with van der Waals surface area (Å²) in [5.74, 6) is -1.41. The summed E-state index contributed by atoms with van der Waals surface area (Å²) in [4.78, 5) is 22.0. The van der Waals surface area contributed by atoms with Gasteiger partial charge in [0.25, 0.3) is 6.43 Å². The molecule has 12 heavy (non-hydrogen) atoms. The Hall–Kier alpha value is -0.450. The molecule has 0 spiro atoms. The van der Waals surface area contributed by atoms with Gasteiger partial charge in [-0.15, -0.1) is 0 Å². The molecule has 0 bridgehead atoms. The van der Waals surface area contributed by atoms with Gasteiger partial charge in [-0.05, 0) is 6.42 Å². The minimum atomic E-state index is -2.72. The second-order valence-electron chi connectivity index (χ2n) is 2.56. The molecule has 2 unspecified atom stereocenters. The molecule has 2 atom stereocenters. The zero-order valence-corrected chi connectivity index (χ0v) is 7.24. The average molecular weight is 194 g/mol. The van der Waals surface area contributed by atoms with Crippen molar-refractivity contribution >= 4 is 22.7 Å². The third kappa shape index (κ3) is 1.50. The minimum Gasteiger partial charge on any atom is -0.297 e. The Bertz CT molecular complexity index is 217. The highest BCUT2D eigenvalue weighted by Gasteiger charge is 2.45. The first-order valence-corrected chi connectivity index (χ1v) is 4.48. The van der Waals surface area contributed by atoms with E-state index in [1.807, 2.05) is 0 Å². The van der Waals surface area contributed by atoms with Gasteiger partial charge < -0.3 is 0 Å². The largest absolute Gasteiger partial charge is 0.297 e. The quantitative estimate of drug-likeness (QED) is 0.624. The molecule has 1 aliphatic rings. The molecule has 5 heteroatoms. The second-order valence-corrected chi connectivity index (χ2v) is 3.70. The molecular weight excluding hydrogens is 186 g/mol. The molecular formula is C7H8F2O2S. The van der Waals surface area contributed by atoms with Gasteiger partial charge in [0.05, 0.1) is 5.92 Å². The number of carbonyl (C=O) groups excluding carboxylic acids is 2. The highest BCUT2D eigenvalue weighted by Crippen LogP contribution is 2.34. The number of halogens is 2. The third-order valence-corrected chi connectivity index (χ3v) is 3.00. The number of alkyl halides is 2. The molecule has 68 valence electrons. The average Bonchev–Trinajstić information content (AvgIpc) is 2.27. The van der Waals surface area contributed by atoms with Crippen molar-refractivity contribution in [2.45, 2.75) is 25.0 Å². The number of hydrogen-bond donors (Lipinski definition) is 0. The SMILES string of the molecule is CCC1C(=O)SC(C(F)F)C1=O. The lowest BCUT2D eigenvalue weighted by Crippen LogP contribution is -2.24. The van der Waals surface area contributed by atoms with Gasteiger partial charge in [-0.3, -0.25) is 9.59 Å². The lowest BCUT2D eigenvalue weighted by atomic mass is 10.0. The number of Topliss-reactive ketones (excluding diaryl/α,β-unsaturated/α-hetero) is 1. The summed E-state index contributed by atoms with van der Waals surface area (Å²) in [7, 11) is 0. The first kappa shape index (κ1) is 9.64. The van der Waals surface area contributed by atoms with Crippen LogP contribution in [0.5, 0.6) is 0 Å². The smallest absolute Gasteiger partial charge is 0.257 e. The van der Waals surface area contributed by atoms with Crippen LogP contribution in [0.3, 0.4) is 0 Å². The maximum Gasteiger partial charge on any atom is 0.257 e. The molecule has 0 amide bonds. The van der Waals surface area contributed by atoms with Crippen LogP contribution < -0.4 is 0 Å². The lowest BCUT2D eigenvalue weighted by molar-refractivity contribution is -0.128. The monoisotopic (exact) mass is 194 g/mol. The van der Waals surface area contributed by atoms with Gasteiger partial charge in [-0.1, -0.05) is 18.7 Å². The van der Waals surface area contributed by atoms with E-state index in [1.54, 1.807) is 6.92 Å². The van der Waals surface area contributed by atoms with Crippen molar-refractivity contribution < 1.29 is 18.4 Å². The zero-order valence-electron chi connectivity index (χ0n) is 6.42. The molecule has 2 nitrogen and oxygen atoms in total. The van der Waals surface area contributed by atoms with Gasteiger partial charge in [0.2, 0.25) is 0 Å². The summed E-state index contributed by atoms with van der Waals surface area (Å²) in [5, 5.41) is -1.82. The van der Waals surface area contributed by atoms with Gasteiger partial charge in [0, 0.05) is 0 Å². The fourth-order valence-electron chi connectivity index (χ4n) is 1.12. The van der Waals surface area contributed by atoms with Crippen LogP contribution in [0.2, 0.25) is 0 Å². The van der Waals surface area contributed by atoms with Crippen LogP contribution in [0.15, 0.2) is 0 Å². The standard InChI is InChI=1S/C7H8F2O2S/c1-2-3-4(10)5(6(8)9)12-7(3)11/h3,5-6H,2H2,1H3. The molecule has 1 fully saturated rings. The summed E-state index contributed by atoms with van der Waals surface area (Å²) in [6.45, 7) is 1.65.